The smallest absolute Gasteiger partial charge is 0.0496 e. The topological polar surface area (TPSA) is 9.72 Å². The fraction of sp³-hybridized carbons (Fsp3) is 0.0843. The van der Waals surface area contributed by atoms with Gasteiger partial charge < -0.3 is 14.7 Å². The maximum atomic E-state index is 2.46. The van der Waals surface area contributed by atoms with Crippen LogP contribution in [-0.2, 0) is 19.3 Å². The van der Waals surface area contributed by atoms with E-state index in [9.17, 15) is 0 Å². The molecule has 86 heavy (non-hydrogen) atoms. The number of benzene rings is 12. The van der Waals surface area contributed by atoms with E-state index >= 15 is 0 Å². The Morgan fingerprint density at radius 1 is 0.349 bits per heavy atom. The zero-order valence-electron chi connectivity index (χ0n) is 49.0. The van der Waals surface area contributed by atoms with Gasteiger partial charge in [0.05, 0.1) is 0 Å². The van der Waals surface area contributed by atoms with Gasteiger partial charge in [-0.25, -0.2) is 0 Å². The lowest BCUT2D eigenvalue weighted by Crippen LogP contribution is -2.13. The summed E-state index contributed by atoms with van der Waals surface area (Å²) in [6.45, 7) is 4.28. The number of fused-ring (bicyclic) bond motifs is 1. The van der Waals surface area contributed by atoms with Crippen molar-refractivity contribution in [1.82, 2.24) is 0 Å². The Morgan fingerprint density at radius 3 is 1.36 bits per heavy atom. The fourth-order valence-electron chi connectivity index (χ4n) is 12.1. The average Bonchev–Trinajstić information content (AvgIpc) is 1.36. The molecule has 3 heteroatoms. The number of rotatable bonds is 17. The Labute approximate surface area is 508 Å². The minimum absolute atomic E-state index is 0.821. The molecule has 0 unspecified atom stereocenters. The van der Waals surface area contributed by atoms with Gasteiger partial charge in [0.25, 0.3) is 0 Å². The molecule has 0 heterocycles. The van der Waals surface area contributed by atoms with E-state index in [0.29, 0.717) is 0 Å². The first kappa shape index (κ1) is 54.8. The molecule has 0 fully saturated rings. The summed E-state index contributed by atoms with van der Waals surface area (Å²) in [5.74, 6) is 0. The van der Waals surface area contributed by atoms with E-state index in [4.69, 9.17) is 0 Å². The molecule has 0 N–H and O–H groups in total. The van der Waals surface area contributed by atoms with Crippen LogP contribution >= 0.6 is 0 Å². The van der Waals surface area contributed by atoms with Crippen LogP contribution in [0.25, 0.3) is 34.9 Å². The summed E-state index contributed by atoms with van der Waals surface area (Å²) in [6, 6.07) is 111. The van der Waals surface area contributed by atoms with Crippen LogP contribution in [0.3, 0.4) is 0 Å². The second kappa shape index (κ2) is 25.6. The first-order valence-corrected chi connectivity index (χ1v) is 30.2. The third-order valence-corrected chi connectivity index (χ3v) is 16.6. The second-order valence-corrected chi connectivity index (χ2v) is 22.6. The van der Waals surface area contributed by atoms with Crippen molar-refractivity contribution in [3.05, 3.63) is 365 Å². The van der Waals surface area contributed by atoms with Gasteiger partial charge in [-0.15, -0.1) is 0 Å². The summed E-state index contributed by atoms with van der Waals surface area (Å²) in [7, 11) is 0. The largest absolute Gasteiger partial charge is 0.311 e. The minimum Gasteiger partial charge on any atom is -0.311 e. The number of nitrogens with zero attached hydrogens (tertiary/aromatic N) is 3. The second-order valence-electron chi connectivity index (χ2n) is 22.6. The Balaban J connectivity index is 0.782. The van der Waals surface area contributed by atoms with Crippen LogP contribution in [0.15, 0.2) is 303 Å². The molecule has 3 nitrogen and oxygen atoms in total. The first-order chi connectivity index (χ1) is 42.4. The van der Waals surface area contributed by atoms with Gasteiger partial charge in [0, 0.05) is 51.2 Å². The number of aryl methyl sites for hydroxylation is 3. The summed E-state index contributed by atoms with van der Waals surface area (Å²) >= 11 is 0. The van der Waals surface area contributed by atoms with E-state index < -0.39 is 0 Å². The van der Waals surface area contributed by atoms with E-state index in [-0.39, 0.29) is 0 Å². The van der Waals surface area contributed by atoms with Crippen LogP contribution in [0.4, 0.5) is 51.2 Å². The Morgan fingerprint density at radius 2 is 0.791 bits per heavy atom. The molecule has 0 atom stereocenters. The third-order valence-electron chi connectivity index (χ3n) is 16.6. The van der Waals surface area contributed by atoms with Gasteiger partial charge in [0.1, 0.15) is 0 Å². The Kier molecular flexibility index (Phi) is 16.3. The van der Waals surface area contributed by atoms with Gasteiger partial charge in [0.2, 0.25) is 0 Å². The van der Waals surface area contributed by atoms with Crippen molar-refractivity contribution in [1.29, 1.82) is 0 Å². The molecule has 416 valence electrons. The van der Waals surface area contributed by atoms with E-state index in [2.05, 4.69) is 350 Å². The zero-order chi connectivity index (χ0) is 58.0. The molecule has 0 bridgehead atoms. The molecule has 1 aliphatic rings. The van der Waals surface area contributed by atoms with Crippen LogP contribution in [0.5, 0.6) is 0 Å². The lowest BCUT2D eigenvalue weighted by molar-refractivity contribution is 0.687. The van der Waals surface area contributed by atoms with Crippen molar-refractivity contribution in [2.45, 2.75) is 46.0 Å². The van der Waals surface area contributed by atoms with E-state index in [1.165, 1.54) is 85.4 Å². The summed E-state index contributed by atoms with van der Waals surface area (Å²) < 4.78 is 0. The normalized spacial score (nSPS) is 12.2. The predicted octanol–water partition coefficient (Wildman–Crippen LogP) is 22.6. The minimum atomic E-state index is 0.821. The number of hydrogen-bond acceptors (Lipinski definition) is 3. The van der Waals surface area contributed by atoms with Crippen molar-refractivity contribution in [2.24, 2.45) is 0 Å². The van der Waals surface area contributed by atoms with Gasteiger partial charge >= 0.3 is 0 Å². The number of para-hydroxylation sites is 4. The van der Waals surface area contributed by atoms with Crippen molar-refractivity contribution < 1.29 is 0 Å². The molecule has 1 aliphatic carbocycles. The SMILES string of the molecule is Cc1ccc(N(c2ccc(C)cc2)c2ccc(/C=C(\c3ccccc3)c3cccc(-c4cc(N(c5ccccc5)c5ccc(/C=C/c6ccc(Cc7ccccc7N(c7ccccc7)c7ccccc7)cc6)cc5)cc5c4CCCC5)c3)cc2)cc1. The molecule has 13 rings (SSSR count). The molecule has 0 saturated heterocycles. The highest BCUT2D eigenvalue weighted by Gasteiger charge is 2.22. The summed E-state index contributed by atoms with van der Waals surface area (Å²) in [4.78, 5) is 7.13. The molecule has 12 aromatic carbocycles. The highest BCUT2D eigenvalue weighted by atomic mass is 15.2. The summed E-state index contributed by atoms with van der Waals surface area (Å²) in [6.07, 6.45) is 12.1. The fourth-order valence-corrected chi connectivity index (χ4v) is 12.1. The van der Waals surface area contributed by atoms with Crippen LogP contribution in [0.1, 0.15) is 74.0 Å². The first-order valence-electron chi connectivity index (χ1n) is 30.2. The highest BCUT2D eigenvalue weighted by molar-refractivity contribution is 5.94. The van der Waals surface area contributed by atoms with Crippen LogP contribution in [-0.4, -0.2) is 0 Å². The molecule has 0 aromatic heterocycles. The summed E-state index contributed by atoms with van der Waals surface area (Å²) in [5, 5.41) is 0. The molecular weight excluding hydrogens is 1040 g/mol. The van der Waals surface area contributed by atoms with Crippen molar-refractivity contribution in [2.75, 3.05) is 14.7 Å². The molecule has 12 aromatic rings. The van der Waals surface area contributed by atoms with Gasteiger partial charge in [-0.1, -0.05) is 217 Å². The molecule has 0 aliphatic heterocycles. The highest BCUT2D eigenvalue weighted by Crippen LogP contribution is 2.44. The quantitative estimate of drug-likeness (QED) is 0.0842. The lowest BCUT2D eigenvalue weighted by Gasteiger charge is -2.29. The maximum Gasteiger partial charge on any atom is 0.0496 e. The van der Waals surface area contributed by atoms with E-state index in [1.807, 2.05) is 0 Å². The van der Waals surface area contributed by atoms with Crippen LogP contribution in [0.2, 0.25) is 0 Å². The maximum absolute atomic E-state index is 2.46. The predicted molar refractivity (Wildman–Crippen MR) is 367 cm³/mol. The summed E-state index contributed by atoms with van der Waals surface area (Å²) in [5.41, 5.74) is 27.7. The molecule has 0 spiro atoms. The van der Waals surface area contributed by atoms with Crippen molar-refractivity contribution >= 4 is 75.0 Å². The van der Waals surface area contributed by atoms with Gasteiger partial charge in [-0.05, 0) is 228 Å². The zero-order valence-corrected chi connectivity index (χ0v) is 49.0. The molecule has 0 radical (unpaired) electrons. The third kappa shape index (κ3) is 12.4. The monoisotopic (exact) mass is 1110 g/mol. The standard InChI is InChI=1S/C83H69N3/c1-61-34-48-75(49-35-61)84(76-50-36-62(2)37-51-76)77-54-46-66(47-55-77)57-81(67-20-7-3-8-21-67)68-24-19-25-69(58-68)82-60-79(59-70-22-15-17-32-80(70)82)85(72-26-9-4-10-27-72)78-52-44-64(45-53-78)39-38-63-40-42-65(43-41-63)56-71-23-16-18-33-83(71)86(73-28-11-5-12-29-73)74-30-13-6-14-31-74/h3-14,16,18-21,23-31,33-55,57-60H,15,17,22,32,56H2,1-2H3/b39-38+,81-57+. The Hall–Kier alpha value is -10.5. The lowest BCUT2D eigenvalue weighted by atomic mass is 9.84. The van der Waals surface area contributed by atoms with E-state index in [0.717, 1.165) is 75.8 Å². The molecule has 0 saturated carbocycles. The van der Waals surface area contributed by atoms with Gasteiger partial charge in [-0.3, -0.25) is 0 Å². The van der Waals surface area contributed by atoms with Gasteiger partial charge in [-0.2, -0.15) is 0 Å². The van der Waals surface area contributed by atoms with Crippen LogP contribution < -0.4 is 14.7 Å². The van der Waals surface area contributed by atoms with Gasteiger partial charge in [0.15, 0.2) is 0 Å². The number of hydrogen-bond donors (Lipinski definition) is 0. The van der Waals surface area contributed by atoms with Crippen molar-refractivity contribution in [3.8, 4) is 11.1 Å². The Bertz CT molecular complexity index is 4180. The average molecular weight is 1110 g/mol. The van der Waals surface area contributed by atoms with Crippen LogP contribution in [0, 0.1) is 13.8 Å². The molecule has 0 amide bonds. The number of anilines is 9. The van der Waals surface area contributed by atoms with E-state index in [1.54, 1.807) is 0 Å². The molecular formula is C83H69N3. The van der Waals surface area contributed by atoms with Crippen molar-refractivity contribution in [3.63, 3.8) is 0 Å².